The van der Waals surface area contributed by atoms with Crippen molar-refractivity contribution in [3.63, 3.8) is 0 Å². The van der Waals surface area contributed by atoms with E-state index in [1.54, 1.807) is 24.3 Å². The monoisotopic (exact) mass is 506 g/mol. The summed E-state index contributed by atoms with van der Waals surface area (Å²) in [7, 11) is 0. The van der Waals surface area contributed by atoms with Gasteiger partial charge in [0.2, 0.25) is 0 Å². The number of benzene rings is 1. The number of aromatic hydroxyl groups is 1. The summed E-state index contributed by atoms with van der Waals surface area (Å²) >= 11 is 0.833. The molecule has 0 aliphatic carbocycles. The summed E-state index contributed by atoms with van der Waals surface area (Å²) in [5.41, 5.74) is 0.750. The van der Waals surface area contributed by atoms with Crippen molar-refractivity contribution in [1.82, 2.24) is 0 Å². The van der Waals surface area contributed by atoms with Crippen LogP contribution in [0.1, 0.15) is 62.3 Å². The molecule has 0 saturated heterocycles. The van der Waals surface area contributed by atoms with Crippen LogP contribution in [0.15, 0.2) is 30.3 Å². The Morgan fingerprint density at radius 2 is 0.833 bits per heavy atom. The van der Waals surface area contributed by atoms with Crippen molar-refractivity contribution in [2.45, 2.75) is 62.3 Å². The van der Waals surface area contributed by atoms with E-state index >= 15 is 0 Å². The van der Waals surface area contributed by atoms with Gasteiger partial charge in [0.15, 0.2) is 0 Å². The summed E-state index contributed by atoms with van der Waals surface area (Å²) in [5.74, 6) is 0.322. The number of hydrogen-bond acceptors (Lipinski definition) is 2. The van der Waals surface area contributed by atoms with Crippen LogP contribution >= 0.6 is 0 Å². The second kappa shape index (κ2) is 16.0. The summed E-state index contributed by atoms with van der Waals surface area (Å²) in [6.07, 6.45) is 0. The van der Waals surface area contributed by atoms with Gasteiger partial charge in [-0.05, 0) is 12.1 Å². The first-order chi connectivity index (χ1) is 10.4. The predicted molar refractivity (Wildman–Crippen MR) is 105 cm³/mol. The molecule has 0 aromatic heterocycles. The first kappa shape index (κ1) is 31.3. The minimum atomic E-state index is 0.250. The molecule has 0 heterocycles. The quantitative estimate of drug-likeness (QED) is 0.357. The third kappa shape index (κ3) is 160. The molecule has 3 heteroatoms. The molecule has 1 rings (SSSR count). The van der Waals surface area contributed by atoms with Gasteiger partial charge in [-0.25, -0.2) is 0 Å². The van der Waals surface area contributed by atoms with E-state index in [0.717, 1.165) is 19.6 Å². The molecule has 0 saturated carbocycles. The molecule has 1 aromatic carbocycles. The molecule has 2 N–H and O–H groups in total. The average Bonchev–Trinajstić information content (AvgIpc) is 2.25. The molecule has 0 spiro atoms. The van der Waals surface area contributed by atoms with Gasteiger partial charge in [-0.15, -0.1) is 0 Å². The molecule has 0 aliphatic rings. The van der Waals surface area contributed by atoms with E-state index in [1.165, 1.54) is 0 Å². The SMILES string of the molecule is Oc1ccccc1.[CH2-]C(C)(C)C.[CH2-]C(C)(C)C.[CH2-]C(C)(C)C.[NH]=[W]. The Morgan fingerprint density at radius 1 is 0.667 bits per heavy atom. The minimum absolute atomic E-state index is 0.250. The molecule has 24 heavy (non-hydrogen) atoms. The summed E-state index contributed by atoms with van der Waals surface area (Å²) in [5, 5.41) is 8.63. The van der Waals surface area contributed by atoms with E-state index in [-0.39, 0.29) is 16.2 Å². The van der Waals surface area contributed by atoms with Gasteiger partial charge >= 0.3 is 23.5 Å². The molecule has 1 aromatic rings. The van der Waals surface area contributed by atoms with Crippen LogP contribution in [0.4, 0.5) is 0 Å². The summed E-state index contributed by atoms with van der Waals surface area (Å²) < 4.78 is 5.83. The Labute approximate surface area is 164 Å². The zero-order valence-electron chi connectivity index (χ0n) is 17.4. The van der Waals surface area contributed by atoms with Crippen LogP contribution in [-0.2, 0) is 19.6 Å². The van der Waals surface area contributed by atoms with E-state index in [4.69, 9.17) is 9.02 Å². The summed E-state index contributed by atoms with van der Waals surface area (Å²) in [4.78, 5) is 0. The van der Waals surface area contributed by atoms with Crippen molar-refractivity contribution < 1.29 is 24.7 Å². The van der Waals surface area contributed by atoms with Crippen molar-refractivity contribution in [1.29, 1.82) is 3.91 Å². The summed E-state index contributed by atoms with van der Waals surface area (Å²) in [6, 6.07) is 8.71. The van der Waals surface area contributed by atoms with Crippen LogP contribution in [0, 0.1) is 40.9 Å². The van der Waals surface area contributed by atoms with Gasteiger partial charge in [0.05, 0.1) is 0 Å². The first-order valence-electron chi connectivity index (χ1n) is 7.90. The predicted octanol–water partition coefficient (Wildman–Crippen LogP) is 7.29. The Balaban J connectivity index is -0.000000109. The maximum atomic E-state index is 8.63. The second-order valence-electron chi connectivity index (χ2n) is 9.02. The van der Waals surface area contributed by atoms with E-state index in [2.05, 4.69) is 83.1 Å². The normalized spacial score (nSPS) is 10.2. The van der Waals surface area contributed by atoms with Gasteiger partial charge in [0.1, 0.15) is 5.75 Å². The third-order valence-electron chi connectivity index (χ3n) is 0.756. The fourth-order valence-corrected chi connectivity index (χ4v) is 0.428. The van der Waals surface area contributed by atoms with Gasteiger partial charge in [-0.2, -0.15) is 16.2 Å². The Kier molecular flexibility index (Phi) is 20.9. The van der Waals surface area contributed by atoms with E-state index < -0.39 is 0 Å². The zero-order valence-corrected chi connectivity index (χ0v) is 20.3. The van der Waals surface area contributed by atoms with Crippen molar-refractivity contribution in [2.24, 2.45) is 16.2 Å². The van der Waals surface area contributed by atoms with Crippen LogP contribution in [0.3, 0.4) is 0 Å². The van der Waals surface area contributed by atoms with Crippen LogP contribution < -0.4 is 0 Å². The fraction of sp³-hybridized carbons (Fsp3) is 0.571. The molecule has 0 amide bonds. The Morgan fingerprint density at radius 3 is 0.917 bits per heavy atom. The first-order valence-corrected chi connectivity index (χ1v) is 9.37. The number of hydrogen-bond donors (Lipinski definition) is 2. The molecule has 0 bridgehead atoms. The van der Waals surface area contributed by atoms with Crippen LogP contribution in [0.5, 0.6) is 5.75 Å². The standard InChI is InChI=1S/C6H6O.3C5H11.HN.W/c7-6-4-2-1-3-5-6;3*1-5(2,3)4;;/h1-5,7H;3*1H2,2-4H3;1H;/q;3*-1;;. The van der Waals surface area contributed by atoms with Crippen LogP contribution in [-0.4, -0.2) is 5.11 Å². The van der Waals surface area contributed by atoms with Crippen molar-refractivity contribution in [2.75, 3.05) is 0 Å². The number of phenolic OH excluding ortho intramolecular Hbond substituents is 1. The van der Waals surface area contributed by atoms with Crippen LogP contribution in [0.25, 0.3) is 0 Å². The fourth-order valence-electron chi connectivity index (χ4n) is 0.428. The van der Waals surface area contributed by atoms with Crippen molar-refractivity contribution in [3.8, 4) is 5.75 Å². The number of rotatable bonds is 0. The molecule has 2 nitrogen and oxygen atoms in total. The Bertz CT molecular complexity index is 310. The molecule has 0 unspecified atom stereocenters. The topological polar surface area (TPSA) is 44.1 Å². The number of para-hydroxylation sites is 1. The molecule has 0 aliphatic heterocycles. The molecule has 0 atom stereocenters. The second-order valence-corrected chi connectivity index (χ2v) is 9.02. The third-order valence-corrected chi connectivity index (χ3v) is 0.756. The van der Waals surface area contributed by atoms with Crippen molar-refractivity contribution >= 4 is 0 Å². The zero-order chi connectivity index (χ0) is 20.6. The van der Waals surface area contributed by atoms with Crippen molar-refractivity contribution in [3.05, 3.63) is 51.1 Å². The van der Waals surface area contributed by atoms with Gasteiger partial charge in [0, 0.05) is 0 Å². The number of nitrogens with one attached hydrogen (secondary N) is 1. The number of phenols is 1. The summed E-state index contributed by atoms with van der Waals surface area (Å²) in [6.45, 7) is 30.0. The molecular formula is C21H40NOW-3. The van der Waals surface area contributed by atoms with Gasteiger partial charge < -0.3 is 25.9 Å². The molecule has 0 fully saturated rings. The maximum absolute atomic E-state index is 8.63. The van der Waals surface area contributed by atoms with Gasteiger partial charge in [0.25, 0.3) is 0 Å². The van der Waals surface area contributed by atoms with E-state index in [1.807, 2.05) is 6.07 Å². The Hall–Kier alpha value is -0.492. The molecule has 0 radical (unpaired) electrons. The van der Waals surface area contributed by atoms with Crippen LogP contribution in [0.2, 0.25) is 0 Å². The molecular weight excluding hydrogens is 466 g/mol. The molecule has 144 valence electrons. The van der Waals surface area contributed by atoms with Gasteiger partial charge in [-0.3, -0.25) is 0 Å². The van der Waals surface area contributed by atoms with E-state index in [0.29, 0.717) is 5.75 Å². The average molecular weight is 506 g/mol. The van der Waals surface area contributed by atoms with Gasteiger partial charge in [-0.1, -0.05) is 80.5 Å². The van der Waals surface area contributed by atoms with E-state index in [9.17, 15) is 0 Å².